The molecule has 0 spiro atoms. The molecule has 1 heterocycles. The van der Waals surface area contributed by atoms with Gasteiger partial charge < -0.3 is 14.8 Å². The molecule has 0 fully saturated rings. The fraction of sp³-hybridized carbons (Fsp3) is 0.333. The van der Waals surface area contributed by atoms with Gasteiger partial charge in [-0.2, -0.15) is 5.10 Å². The minimum Gasteiger partial charge on any atom is -0.476 e. The molecule has 1 aromatic heterocycles. The molecule has 3 aromatic carbocycles. The van der Waals surface area contributed by atoms with Gasteiger partial charge in [-0.3, -0.25) is 14.3 Å². The Kier molecular flexibility index (Phi) is 9.72. The number of amides is 1. The third-order valence-corrected chi connectivity index (χ3v) is 7.27. The Morgan fingerprint density at radius 2 is 1.57 bits per heavy atom. The summed E-state index contributed by atoms with van der Waals surface area (Å²) in [5.74, 6) is -0.382. The summed E-state index contributed by atoms with van der Waals surface area (Å²) < 4.78 is 12.5. The quantitative estimate of drug-likeness (QED) is 0.153. The highest BCUT2D eigenvalue weighted by Gasteiger charge is 2.32. The minimum absolute atomic E-state index is 0.00478. The zero-order valence-corrected chi connectivity index (χ0v) is 26.6. The van der Waals surface area contributed by atoms with Crippen LogP contribution in [-0.4, -0.2) is 39.6 Å². The molecule has 0 bridgehead atoms. The van der Waals surface area contributed by atoms with Crippen molar-refractivity contribution in [2.75, 3.05) is 6.61 Å². The Labute approximate surface area is 259 Å². The molecule has 0 saturated heterocycles. The maximum Gasteiger partial charge on any atom is 0.349 e. The Balaban J connectivity index is 1.54. The van der Waals surface area contributed by atoms with Crippen molar-refractivity contribution in [2.45, 2.75) is 72.6 Å². The van der Waals surface area contributed by atoms with Crippen molar-refractivity contribution in [1.29, 1.82) is 0 Å². The average Bonchev–Trinajstić information content (AvgIpc) is 3.41. The van der Waals surface area contributed by atoms with E-state index < -0.39 is 11.6 Å². The molecule has 4 aromatic rings. The van der Waals surface area contributed by atoms with Crippen LogP contribution in [-0.2, 0) is 28.0 Å². The van der Waals surface area contributed by atoms with Crippen LogP contribution in [0.4, 0.5) is 0 Å². The number of nitrogens with zero attached hydrogens (tertiary/aromatic N) is 2. The summed E-state index contributed by atoms with van der Waals surface area (Å²) in [7, 11) is 0. The van der Waals surface area contributed by atoms with Gasteiger partial charge in [0.2, 0.25) is 0 Å². The molecule has 4 rings (SSSR count). The molecular formula is C36H41N3O5. The predicted molar refractivity (Wildman–Crippen MR) is 171 cm³/mol. The van der Waals surface area contributed by atoms with E-state index in [0.29, 0.717) is 17.0 Å². The summed E-state index contributed by atoms with van der Waals surface area (Å²) in [6.07, 6.45) is 0. The van der Waals surface area contributed by atoms with Crippen molar-refractivity contribution in [1.82, 2.24) is 15.1 Å². The zero-order valence-electron chi connectivity index (χ0n) is 26.6. The number of aromatic nitrogens is 2. The summed E-state index contributed by atoms with van der Waals surface area (Å²) in [5, 5.41) is 7.65. The lowest BCUT2D eigenvalue weighted by Crippen LogP contribution is -2.39. The maximum atomic E-state index is 13.5. The molecular weight excluding hydrogens is 554 g/mol. The molecule has 0 unspecified atom stereocenters. The standard InChI is InChI=1S/C36H41N3O5/c1-8-43-34(42)36(6,7)44-32-19-14-25(20-24(32)2)22-37-33(41)30-21-29(26-15-17-28(18-16-26)35(3,4)5)38-39(30)23-31(40)27-12-10-9-11-13-27/h9-21H,8,22-23H2,1-7H3,(H,37,41). The summed E-state index contributed by atoms with van der Waals surface area (Å²) >= 11 is 0. The molecule has 44 heavy (non-hydrogen) atoms. The number of hydrogen-bond donors (Lipinski definition) is 1. The predicted octanol–water partition coefficient (Wildman–Crippen LogP) is 6.69. The highest BCUT2D eigenvalue weighted by molar-refractivity contribution is 5.98. The summed E-state index contributed by atoms with van der Waals surface area (Å²) in [4.78, 5) is 38.8. The number of ketones is 1. The van der Waals surface area contributed by atoms with Crippen LogP contribution in [0.3, 0.4) is 0 Å². The number of aryl methyl sites for hydroxylation is 1. The largest absolute Gasteiger partial charge is 0.476 e. The molecule has 1 N–H and O–H groups in total. The normalized spacial score (nSPS) is 11.6. The van der Waals surface area contributed by atoms with Crippen LogP contribution in [0.1, 0.15) is 79.1 Å². The lowest BCUT2D eigenvalue weighted by atomic mass is 9.86. The number of ether oxygens (including phenoxy) is 2. The monoisotopic (exact) mass is 595 g/mol. The van der Waals surface area contributed by atoms with E-state index in [4.69, 9.17) is 9.47 Å². The number of Topliss-reactive ketones (excluding diaryl/α,β-unsaturated/α-hetero) is 1. The fourth-order valence-electron chi connectivity index (χ4n) is 4.68. The van der Waals surface area contributed by atoms with Gasteiger partial charge in [-0.25, -0.2) is 4.79 Å². The van der Waals surface area contributed by atoms with Gasteiger partial charge in [0.05, 0.1) is 12.3 Å². The maximum absolute atomic E-state index is 13.5. The lowest BCUT2D eigenvalue weighted by molar-refractivity contribution is -0.158. The van der Waals surface area contributed by atoms with Crippen molar-refractivity contribution in [3.05, 3.63) is 107 Å². The second kappa shape index (κ2) is 13.3. The first-order chi connectivity index (χ1) is 20.8. The van der Waals surface area contributed by atoms with Gasteiger partial charge in [-0.05, 0) is 61.9 Å². The SMILES string of the molecule is CCOC(=O)C(C)(C)Oc1ccc(CNC(=O)c2cc(-c3ccc(C(C)(C)C)cc3)nn2CC(=O)c2ccccc2)cc1C. The molecule has 0 saturated carbocycles. The molecule has 8 nitrogen and oxygen atoms in total. The molecule has 0 atom stereocenters. The van der Waals surface area contributed by atoms with Crippen LogP contribution in [0.25, 0.3) is 11.3 Å². The van der Waals surface area contributed by atoms with Gasteiger partial charge in [0.25, 0.3) is 5.91 Å². The van der Waals surface area contributed by atoms with Crippen molar-refractivity contribution in [3.8, 4) is 17.0 Å². The van der Waals surface area contributed by atoms with Crippen molar-refractivity contribution >= 4 is 17.7 Å². The van der Waals surface area contributed by atoms with Crippen LogP contribution in [0, 0.1) is 6.92 Å². The van der Waals surface area contributed by atoms with Gasteiger partial charge in [-0.1, -0.05) is 87.5 Å². The van der Waals surface area contributed by atoms with E-state index in [1.54, 1.807) is 45.0 Å². The number of esters is 1. The Bertz CT molecular complexity index is 1630. The topological polar surface area (TPSA) is 99.5 Å². The summed E-state index contributed by atoms with van der Waals surface area (Å²) in [6, 6.07) is 24.3. The number of carbonyl (C=O) groups excluding carboxylic acids is 3. The van der Waals surface area contributed by atoms with Crippen molar-refractivity contribution < 1.29 is 23.9 Å². The van der Waals surface area contributed by atoms with Crippen LogP contribution in [0.2, 0.25) is 0 Å². The van der Waals surface area contributed by atoms with E-state index >= 15 is 0 Å². The molecule has 0 radical (unpaired) electrons. The number of hydrogen-bond acceptors (Lipinski definition) is 6. The van der Waals surface area contributed by atoms with Gasteiger partial charge in [0.1, 0.15) is 18.0 Å². The average molecular weight is 596 g/mol. The minimum atomic E-state index is -1.14. The Hall–Kier alpha value is -4.72. The number of carbonyl (C=O) groups is 3. The fourth-order valence-corrected chi connectivity index (χ4v) is 4.68. The Morgan fingerprint density at radius 3 is 2.18 bits per heavy atom. The molecule has 1 amide bonds. The van der Waals surface area contributed by atoms with E-state index in [-0.39, 0.29) is 42.5 Å². The van der Waals surface area contributed by atoms with Gasteiger partial charge in [0.15, 0.2) is 11.4 Å². The van der Waals surface area contributed by atoms with Crippen LogP contribution in [0.15, 0.2) is 78.9 Å². The zero-order chi connectivity index (χ0) is 32.1. The van der Waals surface area contributed by atoms with Gasteiger partial charge in [0, 0.05) is 17.7 Å². The summed E-state index contributed by atoms with van der Waals surface area (Å²) in [6.45, 7) is 13.9. The number of nitrogens with one attached hydrogen (secondary N) is 1. The van der Waals surface area contributed by atoms with E-state index in [2.05, 4.69) is 43.3 Å². The third-order valence-electron chi connectivity index (χ3n) is 7.27. The van der Waals surface area contributed by atoms with Crippen LogP contribution >= 0.6 is 0 Å². The van der Waals surface area contributed by atoms with Gasteiger partial charge in [-0.15, -0.1) is 0 Å². The summed E-state index contributed by atoms with van der Waals surface area (Å²) in [5.41, 5.74) is 4.02. The van der Waals surface area contributed by atoms with E-state index in [1.807, 2.05) is 49.4 Å². The molecule has 230 valence electrons. The van der Waals surface area contributed by atoms with E-state index in [0.717, 1.165) is 16.7 Å². The lowest BCUT2D eigenvalue weighted by Gasteiger charge is -2.25. The number of benzene rings is 3. The first-order valence-electron chi connectivity index (χ1n) is 14.8. The molecule has 0 aliphatic carbocycles. The smallest absolute Gasteiger partial charge is 0.349 e. The number of rotatable bonds is 11. The Morgan fingerprint density at radius 1 is 0.886 bits per heavy atom. The molecule has 8 heteroatoms. The van der Waals surface area contributed by atoms with Crippen LogP contribution in [0.5, 0.6) is 5.75 Å². The third kappa shape index (κ3) is 7.81. The molecule has 0 aliphatic rings. The van der Waals surface area contributed by atoms with Gasteiger partial charge >= 0.3 is 5.97 Å². The molecule has 0 aliphatic heterocycles. The van der Waals surface area contributed by atoms with Crippen molar-refractivity contribution in [3.63, 3.8) is 0 Å². The van der Waals surface area contributed by atoms with Crippen LogP contribution < -0.4 is 10.1 Å². The highest BCUT2D eigenvalue weighted by Crippen LogP contribution is 2.27. The van der Waals surface area contributed by atoms with E-state index in [9.17, 15) is 14.4 Å². The highest BCUT2D eigenvalue weighted by atomic mass is 16.6. The first-order valence-corrected chi connectivity index (χ1v) is 14.8. The first kappa shape index (κ1) is 32.2. The second-order valence-corrected chi connectivity index (χ2v) is 12.3. The second-order valence-electron chi connectivity index (χ2n) is 12.3. The van der Waals surface area contributed by atoms with E-state index in [1.165, 1.54) is 10.2 Å². The van der Waals surface area contributed by atoms with Crippen molar-refractivity contribution in [2.24, 2.45) is 0 Å².